The van der Waals surface area contributed by atoms with Gasteiger partial charge in [0.25, 0.3) is 5.91 Å². The number of methoxy groups -OCH3 is 1. The predicted molar refractivity (Wildman–Crippen MR) is 147 cm³/mol. The molecule has 1 aliphatic carbocycles. The van der Waals surface area contributed by atoms with Crippen LogP contribution in [0.2, 0.25) is 0 Å². The molecule has 0 bridgehead atoms. The summed E-state index contributed by atoms with van der Waals surface area (Å²) in [6.07, 6.45) is 0.0573. The lowest BCUT2D eigenvalue weighted by molar-refractivity contribution is -0.142. The highest BCUT2D eigenvalue weighted by Gasteiger charge is 2.44. The molecule has 2 atom stereocenters. The van der Waals surface area contributed by atoms with E-state index in [2.05, 4.69) is 10.6 Å². The first kappa shape index (κ1) is 29.5. The Bertz CT molecular complexity index is 1220. The monoisotopic (exact) mass is 538 g/mol. The molecule has 1 saturated carbocycles. The first-order chi connectivity index (χ1) is 18.3. The third-order valence-corrected chi connectivity index (χ3v) is 6.19. The molecule has 1 fully saturated rings. The fraction of sp³-hybridized carbons (Fsp3) is 0.448. The number of nitrogens with zero attached hydrogens (tertiary/aromatic N) is 1. The van der Waals surface area contributed by atoms with E-state index in [1.807, 2.05) is 32.0 Å². The average Bonchev–Trinajstić information content (AvgIpc) is 3.66. The van der Waals surface area contributed by atoms with E-state index in [0.29, 0.717) is 29.8 Å². The molecule has 0 aliphatic heterocycles. The number of carbonyl (C=O) groups excluding carboxylic acids is 4. The maximum Gasteiger partial charge on any atom is 0.408 e. The summed E-state index contributed by atoms with van der Waals surface area (Å²) < 4.78 is 10.5. The third kappa shape index (κ3) is 8.20. The zero-order chi connectivity index (χ0) is 28.9. The standard InChI is InChI=1S/C29H38N4O6/c1-17-7-14-22(18(2)15-17)25(26(35)31-19-8-12-21(38-6)13-9-19)33(20-10-11-20)27(36)23(16-24(30)34)32-28(37)39-29(3,4)5/h7-9,12-15,20,23,25H,10-11,16H2,1-6H3,(H2,30,34)(H,31,35)(H,32,37). The molecular weight excluding hydrogens is 500 g/mol. The van der Waals surface area contributed by atoms with Crippen molar-refractivity contribution in [3.63, 3.8) is 0 Å². The Hall–Kier alpha value is -4.08. The smallest absolute Gasteiger partial charge is 0.408 e. The molecule has 4 amide bonds. The summed E-state index contributed by atoms with van der Waals surface area (Å²) >= 11 is 0. The number of carbonyl (C=O) groups is 4. The van der Waals surface area contributed by atoms with Crippen molar-refractivity contribution in [3.8, 4) is 5.75 Å². The molecular formula is C29H38N4O6. The molecule has 39 heavy (non-hydrogen) atoms. The van der Waals surface area contributed by atoms with Gasteiger partial charge in [-0.05, 0) is 82.9 Å². The van der Waals surface area contributed by atoms with Crippen LogP contribution in [0.3, 0.4) is 0 Å². The fourth-order valence-electron chi connectivity index (χ4n) is 4.34. The van der Waals surface area contributed by atoms with Crippen molar-refractivity contribution < 1.29 is 28.7 Å². The highest BCUT2D eigenvalue weighted by molar-refractivity contribution is 6.00. The third-order valence-electron chi connectivity index (χ3n) is 6.19. The lowest BCUT2D eigenvalue weighted by Crippen LogP contribution is -2.54. The van der Waals surface area contributed by atoms with Crippen molar-refractivity contribution in [2.45, 2.75) is 77.6 Å². The van der Waals surface area contributed by atoms with Crippen molar-refractivity contribution in [1.82, 2.24) is 10.2 Å². The van der Waals surface area contributed by atoms with Crippen molar-refractivity contribution in [2.24, 2.45) is 5.73 Å². The van der Waals surface area contributed by atoms with Crippen LogP contribution in [-0.2, 0) is 19.1 Å². The van der Waals surface area contributed by atoms with Crippen LogP contribution in [0.25, 0.3) is 0 Å². The summed E-state index contributed by atoms with van der Waals surface area (Å²) in [5.74, 6) is -1.15. The molecule has 2 aromatic carbocycles. The van der Waals surface area contributed by atoms with Crippen LogP contribution < -0.4 is 21.1 Å². The molecule has 1 aliphatic rings. The minimum Gasteiger partial charge on any atom is -0.497 e. The summed E-state index contributed by atoms with van der Waals surface area (Å²) in [4.78, 5) is 53.9. The molecule has 0 saturated heterocycles. The molecule has 210 valence electrons. The Morgan fingerprint density at radius 3 is 2.21 bits per heavy atom. The first-order valence-electron chi connectivity index (χ1n) is 12.9. The number of benzene rings is 2. The van der Waals surface area contributed by atoms with E-state index in [1.54, 1.807) is 52.1 Å². The summed E-state index contributed by atoms with van der Waals surface area (Å²) in [6.45, 7) is 8.89. The Labute approximate surface area is 229 Å². The van der Waals surface area contributed by atoms with Crippen LogP contribution >= 0.6 is 0 Å². The van der Waals surface area contributed by atoms with Gasteiger partial charge < -0.3 is 30.7 Å². The van der Waals surface area contributed by atoms with Crippen molar-refractivity contribution in [3.05, 3.63) is 59.2 Å². The fourth-order valence-corrected chi connectivity index (χ4v) is 4.34. The molecule has 0 heterocycles. The molecule has 10 heteroatoms. The van der Waals surface area contributed by atoms with Crippen LogP contribution in [0.4, 0.5) is 10.5 Å². The van der Waals surface area contributed by atoms with Gasteiger partial charge in [-0.15, -0.1) is 0 Å². The summed E-state index contributed by atoms with van der Waals surface area (Å²) in [7, 11) is 1.55. The van der Waals surface area contributed by atoms with Gasteiger partial charge in [-0.25, -0.2) is 4.79 Å². The van der Waals surface area contributed by atoms with Gasteiger partial charge in [0.05, 0.1) is 13.5 Å². The average molecular weight is 539 g/mol. The van der Waals surface area contributed by atoms with Gasteiger partial charge in [0.15, 0.2) is 0 Å². The first-order valence-corrected chi connectivity index (χ1v) is 12.9. The highest BCUT2D eigenvalue weighted by atomic mass is 16.6. The molecule has 4 N–H and O–H groups in total. The quantitative estimate of drug-likeness (QED) is 0.421. The number of nitrogens with one attached hydrogen (secondary N) is 2. The molecule has 2 aromatic rings. The van der Waals surface area contributed by atoms with Crippen LogP contribution in [0.5, 0.6) is 5.75 Å². The summed E-state index contributed by atoms with van der Waals surface area (Å²) in [5, 5.41) is 5.41. The Morgan fingerprint density at radius 2 is 1.69 bits per heavy atom. The largest absolute Gasteiger partial charge is 0.497 e. The lowest BCUT2D eigenvalue weighted by atomic mass is 9.96. The minimum absolute atomic E-state index is 0.249. The second kappa shape index (κ2) is 12.2. The Morgan fingerprint density at radius 1 is 1.05 bits per heavy atom. The Kier molecular flexibility index (Phi) is 9.21. The summed E-state index contributed by atoms with van der Waals surface area (Å²) in [6, 6.07) is 9.93. The molecule has 0 spiro atoms. The van der Waals surface area contributed by atoms with E-state index in [4.69, 9.17) is 15.2 Å². The van der Waals surface area contributed by atoms with E-state index in [1.165, 1.54) is 4.90 Å². The predicted octanol–water partition coefficient (Wildman–Crippen LogP) is 3.75. The van der Waals surface area contributed by atoms with Crippen LogP contribution in [0, 0.1) is 13.8 Å². The van der Waals surface area contributed by atoms with Crippen LogP contribution in [-0.4, -0.2) is 53.5 Å². The second-order valence-corrected chi connectivity index (χ2v) is 10.8. The van der Waals surface area contributed by atoms with E-state index in [9.17, 15) is 19.2 Å². The molecule has 10 nitrogen and oxygen atoms in total. The number of rotatable bonds is 10. The van der Waals surface area contributed by atoms with Crippen molar-refractivity contribution in [1.29, 1.82) is 0 Å². The molecule has 2 unspecified atom stereocenters. The van der Waals surface area contributed by atoms with Gasteiger partial charge in [0, 0.05) is 11.7 Å². The number of anilines is 1. The van der Waals surface area contributed by atoms with E-state index in [-0.39, 0.29) is 6.04 Å². The number of hydrogen-bond donors (Lipinski definition) is 3. The maximum atomic E-state index is 14.0. The SMILES string of the molecule is COc1ccc(NC(=O)C(c2ccc(C)cc2C)N(C(=O)C(CC(N)=O)NC(=O)OC(C)(C)C)C2CC2)cc1. The van der Waals surface area contributed by atoms with Gasteiger partial charge in [-0.3, -0.25) is 14.4 Å². The topological polar surface area (TPSA) is 140 Å². The number of alkyl carbamates (subject to hydrolysis) is 1. The van der Waals surface area contributed by atoms with Crippen LogP contribution in [0.1, 0.15) is 62.8 Å². The number of ether oxygens (including phenoxy) is 2. The van der Waals surface area contributed by atoms with Crippen LogP contribution in [0.15, 0.2) is 42.5 Å². The van der Waals surface area contributed by atoms with Crippen molar-refractivity contribution in [2.75, 3.05) is 12.4 Å². The number of amides is 4. The van der Waals surface area contributed by atoms with Gasteiger partial charge in [0.1, 0.15) is 23.4 Å². The lowest BCUT2D eigenvalue weighted by Gasteiger charge is -2.35. The zero-order valence-corrected chi connectivity index (χ0v) is 23.4. The number of nitrogens with two attached hydrogens (primary N) is 1. The van der Waals surface area contributed by atoms with Gasteiger partial charge in [0.2, 0.25) is 11.8 Å². The summed E-state index contributed by atoms with van der Waals surface area (Å²) in [5.41, 5.74) is 7.63. The highest BCUT2D eigenvalue weighted by Crippen LogP contribution is 2.37. The normalized spacial score (nSPS) is 14.5. The van der Waals surface area contributed by atoms with Gasteiger partial charge >= 0.3 is 6.09 Å². The van der Waals surface area contributed by atoms with E-state index >= 15 is 0 Å². The molecule has 0 aromatic heterocycles. The van der Waals surface area contributed by atoms with E-state index in [0.717, 1.165) is 11.1 Å². The molecule has 0 radical (unpaired) electrons. The number of primary amides is 1. The van der Waals surface area contributed by atoms with Crippen molar-refractivity contribution >= 4 is 29.5 Å². The number of aryl methyl sites for hydroxylation is 2. The van der Waals surface area contributed by atoms with Gasteiger partial charge in [-0.2, -0.15) is 0 Å². The Balaban J connectivity index is 2.01. The second-order valence-electron chi connectivity index (χ2n) is 10.8. The van der Waals surface area contributed by atoms with Gasteiger partial charge in [-0.1, -0.05) is 23.8 Å². The number of hydrogen-bond acceptors (Lipinski definition) is 6. The maximum absolute atomic E-state index is 14.0. The minimum atomic E-state index is -1.31. The zero-order valence-electron chi connectivity index (χ0n) is 23.4. The molecule has 3 rings (SSSR count). The van der Waals surface area contributed by atoms with E-state index < -0.39 is 47.9 Å².